The number of rotatable bonds is 14. The lowest BCUT2D eigenvalue weighted by atomic mass is 10.0. The van der Waals surface area contributed by atoms with Crippen LogP contribution in [0.3, 0.4) is 0 Å². The smallest absolute Gasteiger partial charge is 0.0785 e. The minimum atomic E-state index is -0.329. The average molecular weight is 273 g/mol. The summed E-state index contributed by atoms with van der Waals surface area (Å²) < 4.78 is 4.94. The summed E-state index contributed by atoms with van der Waals surface area (Å²) in [7, 11) is 1.63. The first-order chi connectivity index (χ1) is 9.24. The maximum absolute atomic E-state index is 9.63. The predicted molar refractivity (Wildman–Crippen MR) is 82.6 cm³/mol. The van der Waals surface area contributed by atoms with Crippen molar-refractivity contribution in [2.45, 2.75) is 83.8 Å². The Bertz CT molecular complexity index is 166. The predicted octanol–water partition coefficient (Wildman–Crippen LogP) is 3.50. The number of nitrogens with one attached hydrogen (secondary N) is 1. The molecule has 0 rings (SSSR count). The molecule has 0 spiro atoms. The number of methoxy groups -OCH3 is 1. The Hall–Kier alpha value is -0.120. The van der Waals surface area contributed by atoms with Gasteiger partial charge in [-0.2, -0.15) is 0 Å². The molecular formula is C16H35NO2. The zero-order valence-electron chi connectivity index (χ0n) is 13.3. The van der Waals surface area contributed by atoms with Gasteiger partial charge in [-0.15, -0.1) is 0 Å². The van der Waals surface area contributed by atoms with Gasteiger partial charge >= 0.3 is 0 Å². The molecule has 0 heterocycles. The van der Waals surface area contributed by atoms with E-state index in [1.54, 1.807) is 7.11 Å². The summed E-state index contributed by atoms with van der Waals surface area (Å²) in [5.74, 6) is 0. The summed E-state index contributed by atoms with van der Waals surface area (Å²) in [6, 6.07) is 0.632. The Morgan fingerprint density at radius 3 is 2.00 bits per heavy atom. The first-order valence-electron chi connectivity index (χ1n) is 8.14. The maximum Gasteiger partial charge on any atom is 0.0785 e. The van der Waals surface area contributed by atoms with E-state index >= 15 is 0 Å². The van der Waals surface area contributed by atoms with Crippen LogP contribution in [0.2, 0.25) is 0 Å². The molecule has 1 atom stereocenters. The van der Waals surface area contributed by atoms with Crippen molar-refractivity contribution in [3.63, 3.8) is 0 Å². The third-order valence-corrected chi connectivity index (χ3v) is 3.58. The Labute approximate surface area is 120 Å². The highest BCUT2D eigenvalue weighted by atomic mass is 16.5. The summed E-state index contributed by atoms with van der Waals surface area (Å²) in [4.78, 5) is 0. The number of aliphatic hydroxyl groups excluding tert-OH is 1. The topological polar surface area (TPSA) is 41.5 Å². The van der Waals surface area contributed by atoms with Gasteiger partial charge in [-0.05, 0) is 25.8 Å². The molecule has 0 amide bonds. The van der Waals surface area contributed by atoms with E-state index in [9.17, 15) is 5.11 Å². The van der Waals surface area contributed by atoms with E-state index < -0.39 is 0 Å². The third-order valence-electron chi connectivity index (χ3n) is 3.58. The van der Waals surface area contributed by atoms with Gasteiger partial charge in [0.2, 0.25) is 0 Å². The highest BCUT2D eigenvalue weighted by molar-refractivity contribution is 4.68. The van der Waals surface area contributed by atoms with Crippen molar-refractivity contribution in [3.8, 4) is 0 Å². The molecule has 0 radical (unpaired) electrons. The zero-order chi connectivity index (χ0) is 14.3. The quantitative estimate of drug-likeness (QED) is 0.476. The molecule has 3 nitrogen and oxygen atoms in total. The summed E-state index contributed by atoms with van der Waals surface area (Å²) in [6.07, 6.45) is 10.9. The van der Waals surface area contributed by atoms with E-state index in [1.807, 2.05) is 0 Å². The number of ether oxygens (including phenoxy) is 1. The van der Waals surface area contributed by atoms with Gasteiger partial charge in [-0.25, -0.2) is 0 Å². The summed E-state index contributed by atoms with van der Waals surface area (Å²) >= 11 is 0. The standard InChI is InChI=1S/C16H35NO2/c1-4-6-8-10-15(11-9-7-5-2)17-13-12-16(18)14-19-3/h15-18H,4-14H2,1-3H3. The van der Waals surface area contributed by atoms with Crippen LogP contribution in [-0.2, 0) is 4.74 Å². The number of aliphatic hydroxyl groups is 1. The minimum Gasteiger partial charge on any atom is -0.391 e. The molecule has 2 N–H and O–H groups in total. The zero-order valence-corrected chi connectivity index (χ0v) is 13.3. The lowest BCUT2D eigenvalue weighted by Gasteiger charge is -2.19. The molecule has 0 fully saturated rings. The Balaban J connectivity index is 3.75. The van der Waals surface area contributed by atoms with Crippen molar-refractivity contribution in [1.82, 2.24) is 5.32 Å². The number of hydrogen-bond donors (Lipinski definition) is 2. The molecule has 0 saturated heterocycles. The fourth-order valence-electron chi connectivity index (χ4n) is 2.36. The molecule has 19 heavy (non-hydrogen) atoms. The van der Waals surface area contributed by atoms with Crippen LogP contribution in [0.25, 0.3) is 0 Å². The summed E-state index contributed by atoms with van der Waals surface area (Å²) in [5.41, 5.74) is 0. The molecule has 0 aliphatic carbocycles. The second kappa shape index (κ2) is 14.3. The summed E-state index contributed by atoms with van der Waals surface area (Å²) in [5, 5.41) is 13.2. The normalized spacial score (nSPS) is 13.1. The van der Waals surface area contributed by atoms with Gasteiger partial charge in [-0.1, -0.05) is 52.4 Å². The fraction of sp³-hybridized carbons (Fsp3) is 1.00. The van der Waals surface area contributed by atoms with Crippen LogP contribution < -0.4 is 5.32 Å². The minimum absolute atomic E-state index is 0.329. The van der Waals surface area contributed by atoms with Crippen molar-refractivity contribution in [3.05, 3.63) is 0 Å². The van der Waals surface area contributed by atoms with Gasteiger partial charge in [0, 0.05) is 13.2 Å². The van der Waals surface area contributed by atoms with Gasteiger partial charge < -0.3 is 15.2 Å². The molecule has 3 heteroatoms. The lowest BCUT2D eigenvalue weighted by molar-refractivity contribution is 0.0588. The second-order valence-corrected chi connectivity index (χ2v) is 5.54. The van der Waals surface area contributed by atoms with Gasteiger partial charge in [0.05, 0.1) is 12.7 Å². The molecule has 0 aromatic carbocycles. The van der Waals surface area contributed by atoms with E-state index in [1.165, 1.54) is 51.4 Å². The fourth-order valence-corrected chi connectivity index (χ4v) is 2.36. The second-order valence-electron chi connectivity index (χ2n) is 5.54. The van der Waals surface area contributed by atoms with Gasteiger partial charge in [0.25, 0.3) is 0 Å². The molecule has 116 valence electrons. The monoisotopic (exact) mass is 273 g/mol. The van der Waals surface area contributed by atoms with E-state index in [0.717, 1.165) is 13.0 Å². The lowest BCUT2D eigenvalue weighted by Crippen LogP contribution is -2.32. The molecule has 0 bridgehead atoms. The van der Waals surface area contributed by atoms with Gasteiger partial charge in [-0.3, -0.25) is 0 Å². The Morgan fingerprint density at radius 1 is 0.947 bits per heavy atom. The van der Waals surface area contributed by atoms with Crippen LogP contribution in [0, 0.1) is 0 Å². The highest BCUT2D eigenvalue weighted by Gasteiger charge is 2.09. The van der Waals surface area contributed by atoms with E-state index in [-0.39, 0.29) is 6.10 Å². The highest BCUT2D eigenvalue weighted by Crippen LogP contribution is 2.11. The van der Waals surface area contributed by atoms with Crippen molar-refractivity contribution in [1.29, 1.82) is 0 Å². The van der Waals surface area contributed by atoms with Crippen LogP contribution in [0.15, 0.2) is 0 Å². The summed E-state index contributed by atoms with van der Waals surface area (Å²) in [6.45, 7) is 5.84. The van der Waals surface area contributed by atoms with E-state index in [0.29, 0.717) is 12.6 Å². The average Bonchev–Trinajstić information content (AvgIpc) is 2.39. The number of unbranched alkanes of at least 4 members (excludes halogenated alkanes) is 4. The van der Waals surface area contributed by atoms with Crippen LogP contribution in [0.1, 0.15) is 71.6 Å². The molecule has 0 aromatic rings. The molecule has 0 aliphatic rings. The molecule has 0 aliphatic heterocycles. The first-order valence-corrected chi connectivity index (χ1v) is 8.14. The van der Waals surface area contributed by atoms with Crippen LogP contribution >= 0.6 is 0 Å². The van der Waals surface area contributed by atoms with Gasteiger partial charge in [0.15, 0.2) is 0 Å². The number of hydrogen-bond acceptors (Lipinski definition) is 3. The molecule has 0 aromatic heterocycles. The third kappa shape index (κ3) is 12.6. The van der Waals surface area contributed by atoms with E-state index in [4.69, 9.17) is 4.74 Å². The van der Waals surface area contributed by atoms with E-state index in [2.05, 4.69) is 19.2 Å². The van der Waals surface area contributed by atoms with Crippen molar-refractivity contribution < 1.29 is 9.84 Å². The Morgan fingerprint density at radius 2 is 1.53 bits per heavy atom. The first kappa shape index (κ1) is 18.9. The van der Waals surface area contributed by atoms with Gasteiger partial charge in [0.1, 0.15) is 0 Å². The van der Waals surface area contributed by atoms with Crippen molar-refractivity contribution in [2.24, 2.45) is 0 Å². The Kier molecular flexibility index (Phi) is 14.2. The van der Waals surface area contributed by atoms with Crippen LogP contribution in [0.5, 0.6) is 0 Å². The maximum atomic E-state index is 9.63. The molecule has 1 unspecified atom stereocenters. The SMILES string of the molecule is CCCCCC(CCCCC)NCCC(O)COC. The van der Waals surface area contributed by atoms with Crippen LogP contribution in [0.4, 0.5) is 0 Å². The molecule has 0 saturated carbocycles. The largest absolute Gasteiger partial charge is 0.391 e. The van der Waals surface area contributed by atoms with Crippen molar-refractivity contribution in [2.75, 3.05) is 20.3 Å². The van der Waals surface area contributed by atoms with Crippen molar-refractivity contribution >= 4 is 0 Å². The van der Waals surface area contributed by atoms with Crippen LogP contribution in [-0.4, -0.2) is 37.5 Å². The molecular weight excluding hydrogens is 238 g/mol.